The van der Waals surface area contributed by atoms with E-state index in [4.69, 9.17) is 11.6 Å². The van der Waals surface area contributed by atoms with Crippen LogP contribution in [0.5, 0.6) is 0 Å². The molecule has 90 valence electrons. The molecular formula is C15H13ClN2. The van der Waals surface area contributed by atoms with Gasteiger partial charge in [0.1, 0.15) is 5.82 Å². The highest BCUT2D eigenvalue weighted by Crippen LogP contribution is 2.21. The van der Waals surface area contributed by atoms with Crippen LogP contribution in [0.2, 0.25) is 5.02 Å². The molecule has 0 aliphatic carbocycles. The van der Waals surface area contributed by atoms with Crippen molar-refractivity contribution in [2.45, 2.75) is 13.5 Å². The molecular weight excluding hydrogens is 244 g/mol. The highest BCUT2D eigenvalue weighted by atomic mass is 35.5. The van der Waals surface area contributed by atoms with Crippen LogP contribution < -0.4 is 0 Å². The standard InChI is InChI=1S/C15H13ClN2/c1-11-17-14-8-7-13(16)9-15(14)18(11)10-12-5-3-2-4-6-12/h2-9H,10H2,1H3. The molecule has 3 heteroatoms. The molecule has 0 saturated heterocycles. The molecule has 2 nitrogen and oxygen atoms in total. The van der Waals surface area contributed by atoms with Gasteiger partial charge in [0.2, 0.25) is 0 Å². The second-order valence-corrected chi connectivity index (χ2v) is 4.80. The lowest BCUT2D eigenvalue weighted by molar-refractivity contribution is 0.786. The molecule has 0 bridgehead atoms. The van der Waals surface area contributed by atoms with Crippen LogP contribution in [-0.2, 0) is 6.54 Å². The normalized spacial score (nSPS) is 11.0. The van der Waals surface area contributed by atoms with Crippen LogP contribution in [0.1, 0.15) is 11.4 Å². The van der Waals surface area contributed by atoms with Crippen LogP contribution in [-0.4, -0.2) is 9.55 Å². The number of halogens is 1. The third kappa shape index (κ3) is 2.00. The van der Waals surface area contributed by atoms with Crippen molar-refractivity contribution in [3.8, 4) is 0 Å². The Kier molecular flexibility index (Phi) is 2.80. The summed E-state index contributed by atoms with van der Waals surface area (Å²) < 4.78 is 2.19. The molecule has 0 radical (unpaired) electrons. The van der Waals surface area contributed by atoms with E-state index in [1.54, 1.807) is 0 Å². The van der Waals surface area contributed by atoms with Gasteiger partial charge in [-0.15, -0.1) is 0 Å². The third-order valence-electron chi connectivity index (χ3n) is 3.08. The highest BCUT2D eigenvalue weighted by Gasteiger charge is 2.07. The molecule has 0 aliphatic rings. The first kappa shape index (κ1) is 11.3. The molecule has 3 rings (SSSR count). The van der Waals surface area contributed by atoms with Crippen LogP contribution in [0, 0.1) is 6.92 Å². The van der Waals surface area contributed by atoms with Gasteiger partial charge in [-0.3, -0.25) is 0 Å². The average molecular weight is 257 g/mol. The second kappa shape index (κ2) is 4.46. The van der Waals surface area contributed by atoms with Crippen molar-refractivity contribution in [2.24, 2.45) is 0 Å². The molecule has 2 aromatic carbocycles. The number of hydrogen-bond acceptors (Lipinski definition) is 1. The Hall–Kier alpha value is -1.80. The summed E-state index contributed by atoms with van der Waals surface area (Å²) >= 11 is 6.06. The smallest absolute Gasteiger partial charge is 0.107 e. The maximum Gasteiger partial charge on any atom is 0.107 e. The molecule has 3 aromatic rings. The van der Waals surface area contributed by atoms with Gasteiger partial charge in [0, 0.05) is 11.6 Å². The van der Waals surface area contributed by atoms with E-state index >= 15 is 0 Å². The summed E-state index contributed by atoms with van der Waals surface area (Å²) in [5, 5.41) is 0.747. The number of benzene rings is 2. The Morgan fingerprint density at radius 1 is 1.11 bits per heavy atom. The zero-order valence-corrected chi connectivity index (χ0v) is 10.9. The summed E-state index contributed by atoms with van der Waals surface area (Å²) in [5.41, 5.74) is 3.34. The molecule has 0 fully saturated rings. The molecule has 0 unspecified atom stereocenters. The predicted octanol–water partition coefficient (Wildman–Crippen LogP) is 4.05. The van der Waals surface area contributed by atoms with Crippen molar-refractivity contribution < 1.29 is 0 Å². The van der Waals surface area contributed by atoms with Gasteiger partial charge in [-0.05, 0) is 30.7 Å². The van der Waals surface area contributed by atoms with Crippen molar-refractivity contribution in [2.75, 3.05) is 0 Å². The highest BCUT2D eigenvalue weighted by molar-refractivity contribution is 6.31. The lowest BCUT2D eigenvalue weighted by atomic mass is 10.2. The number of rotatable bonds is 2. The van der Waals surface area contributed by atoms with Gasteiger partial charge >= 0.3 is 0 Å². The molecule has 0 saturated carbocycles. The Balaban J connectivity index is 2.11. The Morgan fingerprint density at radius 3 is 2.67 bits per heavy atom. The minimum atomic E-state index is 0.747. The van der Waals surface area contributed by atoms with Gasteiger partial charge in [-0.2, -0.15) is 0 Å². The summed E-state index contributed by atoms with van der Waals surface area (Å²) in [6.45, 7) is 2.85. The number of aryl methyl sites for hydroxylation is 1. The predicted molar refractivity (Wildman–Crippen MR) is 75.0 cm³/mol. The van der Waals surface area contributed by atoms with E-state index < -0.39 is 0 Å². The van der Waals surface area contributed by atoms with Gasteiger partial charge in [0.15, 0.2) is 0 Å². The summed E-state index contributed by atoms with van der Waals surface area (Å²) in [6.07, 6.45) is 0. The van der Waals surface area contributed by atoms with E-state index in [0.29, 0.717) is 0 Å². The molecule has 0 aliphatic heterocycles. The maximum atomic E-state index is 6.06. The van der Waals surface area contributed by atoms with E-state index in [1.165, 1.54) is 5.56 Å². The Morgan fingerprint density at radius 2 is 1.89 bits per heavy atom. The fourth-order valence-electron chi connectivity index (χ4n) is 2.18. The number of nitrogens with zero attached hydrogens (tertiary/aromatic N) is 2. The fraction of sp³-hybridized carbons (Fsp3) is 0.133. The van der Waals surface area contributed by atoms with Gasteiger partial charge in [0.05, 0.1) is 11.0 Å². The van der Waals surface area contributed by atoms with Crippen LogP contribution >= 0.6 is 11.6 Å². The van der Waals surface area contributed by atoms with Gasteiger partial charge in [-0.1, -0.05) is 41.9 Å². The summed E-state index contributed by atoms with van der Waals surface area (Å²) in [4.78, 5) is 4.55. The third-order valence-corrected chi connectivity index (χ3v) is 3.32. The minimum Gasteiger partial charge on any atom is -0.324 e. The number of fused-ring (bicyclic) bond motifs is 1. The lowest BCUT2D eigenvalue weighted by Gasteiger charge is -2.07. The van der Waals surface area contributed by atoms with Crippen molar-refractivity contribution in [3.05, 3.63) is 64.9 Å². The quantitative estimate of drug-likeness (QED) is 0.676. The van der Waals surface area contributed by atoms with Crippen molar-refractivity contribution in [1.29, 1.82) is 0 Å². The Bertz CT molecular complexity index is 686. The molecule has 18 heavy (non-hydrogen) atoms. The van der Waals surface area contributed by atoms with E-state index in [1.807, 2.05) is 31.2 Å². The second-order valence-electron chi connectivity index (χ2n) is 4.36. The molecule has 0 amide bonds. The van der Waals surface area contributed by atoms with E-state index in [2.05, 4.69) is 33.8 Å². The van der Waals surface area contributed by atoms with Crippen molar-refractivity contribution in [1.82, 2.24) is 9.55 Å². The average Bonchev–Trinajstić information content (AvgIpc) is 2.67. The van der Waals surface area contributed by atoms with Gasteiger partial charge in [-0.25, -0.2) is 4.98 Å². The molecule has 0 N–H and O–H groups in total. The first-order valence-corrected chi connectivity index (χ1v) is 6.28. The number of aromatic nitrogens is 2. The summed E-state index contributed by atoms with van der Waals surface area (Å²) in [6, 6.07) is 16.2. The Labute approximate surface area is 111 Å². The lowest BCUT2D eigenvalue weighted by Crippen LogP contribution is -2.01. The largest absolute Gasteiger partial charge is 0.324 e. The van der Waals surface area contributed by atoms with E-state index in [-0.39, 0.29) is 0 Å². The molecule has 1 heterocycles. The first-order chi connectivity index (χ1) is 8.74. The van der Waals surface area contributed by atoms with Gasteiger partial charge in [0.25, 0.3) is 0 Å². The SMILES string of the molecule is Cc1nc2ccc(Cl)cc2n1Cc1ccccc1. The van der Waals surface area contributed by atoms with Crippen LogP contribution in [0.3, 0.4) is 0 Å². The zero-order valence-electron chi connectivity index (χ0n) is 10.1. The monoisotopic (exact) mass is 256 g/mol. The van der Waals surface area contributed by atoms with Crippen LogP contribution in [0.25, 0.3) is 11.0 Å². The summed E-state index contributed by atoms with van der Waals surface area (Å²) in [7, 11) is 0. The van der Waals surface area contributed by atoms with E-state index in [0.717, 1.165) is 28.4 Å². The topological polar surface area (TPSA) is 17.8 Å². The zero-order chi connectivity index (χ0) is 12.5. The molecule has 1 aromatic heterocycles. The van der Waals surface area contributed by atoms with Crippen molar-refractivity contribution in [3.63, 3.8) is 0 Å². The number of imidazole rings is 1. The first-order valence-electron chi connectivity index (χ1n) is 5.90. The van der Waals surface area contributed by atoms with E-state index in [9.17, 15) is 0 Å². The van der Waals surface area contributed by atoms with Crippen LogP contribution in [0.4, 0.5) is 0 Å². The van der Waals surface area contributed by atoms with Crippen molar-refractivity contribution >= 4 is 22.6 Å². The van der Waals surface area contributed by atoms with Crippen LogP contribution in [0.15, 0.2) is 48.5 Å². The van der Waals surface area contributed by atoms with Gasteiger partial charge < -0.3 is 4.57 Å². The summed E-state index contributed by atoms with van der Waals surface area (Å²) in [5.74, 6) is 1.01. The number of hydrogen-bond donors (Lipinski definition) is 0. The molecule has 0 atom stereocenters. The minimum absolute atomic E-state index is 0.747. The maximum absolute atomic E-state index is 6.06. The molecule has 0 spiro atoms. The fourth-order valence-corrected chi connectivity index (χ4v) is 2.35.